The number of nitrogens with one attached hydrogen (secondary N) is 1. The van der Waals surface area contributed by atoms with E-state index in [9.17, 15) is 24.3 Å². The van der Waals surface area contributed by atoms with Crippen molar-refractivity contribution in [1.29, 1.82) is 5.26 Å². The van der Waals surface area contributed by atoms with Crippen molar-refractivity contribution in [2.24, 2.45) is 0 Å². The van der Waals surface area contributed by atoms with Crippen LogP contribution in [-0.2, 0) is 9.53 Å². The number of aliphatic hydroxyl groups is 1. The average molecular weight is 632 g/mol. The molecule has 0 radical (unpaired) electrons. The number of benzene rings is 2. The first-order chi connectivity index (χ1) is 21.9. The molecule has 0 saturated carbocycles. The summed E-state index contributed by atoms with van der Waals surface area (Å²) in [7, 11) is 0. The van der Waals surface area contributed by atoms with Crippen LogP contribution >= 0.6 is 0 Å². The minimum Gasteiger partial charge on any atom is -0.486 e. The van der Waals surface area contributed by atoms with E-state index in [4.69, 9.17) is 9.47 Å². The van der Waals surface area contributed by atoms with Gasteiger partial charge in [0.25, 0.3) is 5.91 Å². The van der Waals surface area contributed by atoms with Gasteiger partial charge in [0, 0.05) is 30.8 Å². The fourth-order valence-corrected chi connectivity index (χ4v) is 5.57. The minimum absolute atomic E-state index is 0.0585. The van der Waals surface area contributed by atoms with E-state index in [1.807, 2.05) is 45.0 Å². The maximum absolute atomic E-state index is 14.9. The summed E-state index contributed by atoms with van der Waals surface area (Å²) in [6.07, 6.45) is -0.486. The van der Waals surface area contributed by atoms with E-state index < -0.39 is 29.9 Å². The maximum Gasteiger partial charge on any atom is 0.410 e. The zero-order valence-corrected chi connectivity index (χ0v) is 26.3. The number of alkyl halides is 1. The molecule has 3 heterocycles. The first-order valence-electron chi connectivity index (χ1n) is 15.3. The van der Waals surface area contributed by atoms with Gasteiger partial charge in [-0.3, -0.25) is 4.79 Å². The van der Waals surface area contributed by atoms with Gasteiger partial charge >= 0.3 is 6.09 Å². The van der Waals surface area contributed by atoms with E-state index >= 15 is 0 Å². The van der Waals surface area contributed by atoms with Gasteiger partial charge in [0.2, 0.25) is 5.95 Å². The zero-order valence-electron chi connectivity index (χ0n) is 26.3. The largest absolute Gasteiger partial charge is 0.486 e. The van der Waals surface area contributed by atoms with Gasteiger partial charge in [-0.1, -0.05) is 12.1 Å². The highest BCUT2D eigenvalue weighted by atomic mass is 19.1. The number of halogens is 1. The molecule has 13 heteroatoms. The molecule has 2 saturated heterocycles. The van der Waals surface area contributed by atoms with Crippen LogP contribution in [0.3, 0.4) is 0 Å². The van der Waals surface area contributed by atoms with Crippen LogP contribution in [0.5, 0.6) is 5.75 Å². The van der Waals surface area contributed by atoms with Crippen molar-refractivity contribution in [2.75, 3.05) is 25.0 Å². The molecule has 4 atom stereocenters. The van der Waals surface area contributed by atoms with E-state index in [0.29, 0.717) is 23.9 Å². The third kappa shape index (κ3) is 7.69. The normalized spacial score (nSPS) is 20.5. The lowest BCUT2D eigenvalue weighted by Crippen LogP contribution is -2.51. The van der Waals surface area contributed by atoms with Crippen LogP contribution < -0.4 is 10.1 Å². The van der Waals surface area contributed by atoms with Crippen LogP contribution in [0.1, 0.15) is 64.1 Å². The van der Waals surface area contributed by atoms with Crippen molar-refractivity contribution in [2.45, 2.75) is 77.0 Å². The Labute approximate surface area is 267 Å². The standard InChI is InChI=1S/C33H38FN7O5/c1-20(42)30(43)40-15-13-28(25(34)18-40)45-27-12-9-22(16-23(27)17-35)29-36-19-37-31(39-29)38-24-10-7-21(8-11-24)26-6-5-14-41(26)32(44)46-33(2,3)4/h7-12,16,19-20,25-26,28,42H,5-6,13-15,18H2,1-4H3,(H,36,37,38,39)/t20?,25-,26?,28+/m1/s1. The molecular weight excluding hydrogens is 593 g/mol. The van der Waals surface area contributed by atoms with Gasteiger partial charge in [-0.15, -0.1) is 0 Å². The van der Waals surface area contributed by atoms with Crippen LogP contribution in [0.25, 0.3) is 11.4 Å². The molecule has 1 aromatic heterocycles. The molecule has 46 heavy (non-hydrogen) atoms. The number of hydrogen-bond acceptors (Lipinski definition) is 10. The average Bonchev–Trinajstić information content (AvgIpc) is 3.52. The molecule has 3 aromatic rings. The number of piperidine rings is 1. The second-order valence-electron chi connectivity index (χ2n) is 12.5. The summed E-state index contributed by atoms with van der Waals surface area (Å²) in [5.41, 5.74) is 1.92. The molecule has 242 valence electrons. The molecular formula is C33H38FN7O5. The molecule has 0 spiro atoms. The van der Waals surface area contributed by atoms with Crippen molar-refractivity contribution < 1.29 is 28.6 Å². The SMILES string of the molecule is CC(O)C(=O)N1CC[C@H](Oc2ccc(-c3ncnc(Nc4ccc(C5CCCN5C(=O)OC(C)(C)C)cc4)n3)cc2C#N)[C@H](F)C1. The van der Waals surface area contributed by atoms with Gasteiger partial charge in [-0.05, 0) is 76.4 Å². The highest BCUT2D eigenvalue weighted by molar-refractivity contribution is 5.80. The Morgan fingerprint density at radius 1 is 1.13 bits per heavy atom. The van der Waals surface area contributed by atoms with Crippen molar-refractivity contribution in [3.05, 3.63) is 59.9 Å². The molecule has 0 aliphatic carbocycles. The first kappa shape index (κ1) is 32.6. The number of hydrogen-bond donors (Lipinski definition) is 2. The Morgan fingerprint density at radius 2 is 1.89 bits per heavy atom. The van der Waals surface area contributed by atoms with Crippen molar-refractivity contribution >= 4 is 23.6 Å². The molecule has 0 bridgehead atoms. The summed E-state index contributed by atoms with van der Waals surface area (Å²) in [6.45, 7) is 7.62. The molecule has 2 aromatic carbocycles. The highest BCUT2D eigenvalue weighted by Crippen LogP contribution is 2.34. The Morgan fingerprint density at radius 3 is 2.57 bits per heavy atom. The number of rotatable bonds is 7. The van der Waals surface area contributed by atoms with E-state index in [1.165, 1.54) is 18.2 Å². The molecule has 12 nitrogen and oxygen atoms in total. The second kappa shape index (κ2) is 13.7. The maximum atomic E-state index is 14.9. The Balaban J connectivity index is 1.24. The Hall–Kier alpha value is -4.83. The lowest BCUT2D eigenvalue weighted by Gasteiger charge is -2.35. The fourth-order valence-electron chi connectivity index (χ4n) is 5.57. The summed E-state index contributed by atoms with van der Waals surface area (Å²) in [4.78, 5) is 40.8. The van der Waals surface area contributed by atoms with Crippen molar-refractivity contribution in [3.63, 3.8) is 0 Å². The van der Waals surface area contributed by atoms with Crippen LogP contribution in [0, 0.1) is 11.3 Å². The summed E-state index contributed by atoms with van der Waals surface area (Å²) in [6, 6.07) is 14.6. The number of amides is 2. The number of aliphatic hydroxyl groups excluding tert-OH is 1. The van der Waals surface area contributed by atoms with Crippen LogP contribution in [0.15, 0.2) is 48.8 Å². The van der Waals surface area contributed by atoms with E-state index in [2.05, 4.69) is 26.3 Å². The Kier molecular flexibility index (Phi) is 9.67. The summed E-state index contributed by atoms with van der Waals surface area (Å²) >= 11 is 0. The smallest absolute Gasteiger partial charge is 0.410 e. The molecule has 2 fully saturated rings. The topological polar surface area (TPSA) is 154 Å². The lowest BCUT2D eigenvalue weighted by atomic mass is 10.0. The van der Waals surface area contributed by atoms with Gasteiger partial charge in [0.15, 0.2) is 12.0 Å². The number of nitrogens with zero attached hydrogens (tertiary/aromatic N) is 6. The number of nitriles is 1. The molecule has 2 aliphatic rings. The minimum atomic E-state index is -1.48. The van der Waals surface area contributed by atoms with Crippen LogP contribution in [0.4, 0.5) is 20.8 Å². The number of carbonyl (C=O) groups is 2. The van der Waals surface area contributed by atoms with E-state index in [-0.39, 0.29) is 43.0 Å². The molecule has 2 N–H and O–H groups in total. The third-order valence-corrected chi connectivity index (χ3v) is 7.79. The highest BCUT2D eigenvalue weighted by Gasteiger charge is 2.35. The van der Waals surface area contributed by atoms with Crippen LogP contribution in [-0.4, -0.2) is 85.5 Å². The molecule has 2 aliphatic heterocycles. The Bertz CT molecular complexity index is 1610. The van der Waals surface area contributed by atoms with Crippen molar-refractivity contribution in [1.82, 2.24) is 24.8 Å². The van der Waals surface area contributed by atoms with E-state index in [1.54, 1.807) is 23.1 Å². The number of carbonyl (C=O) groups excluding carboxylic acids is 2. The quantitative estimate of drug-likeness (QED) is 0.367. The van der Waals surface area contributed by atoms with Gasteiger partial charge in [0.1, 0.15) is 36.0 Å². The summed E-state index contributed by atoms with van der Waals surface area (Å²) in [5, 5.41) is 22.5. The monoisotopic (exact) mass is 631 g/mol. The predicted molar refractivity (Wildman–Crippen MR) is 167 cm³/mol. The van der Waals surface area contributed by atoms with Gasteiger partial charge in [0.05, 0.1) is 18.2 Å². The number of likely N-dealkylation sites (tertiary alicyclic amines) is 2. The van der Waals surface area contributed by atoms with Crippen LogP contribution in [0.2, 0.25) is 0 Å². The predicted octanol–water partition coefficient (Wildman–Crippen LogP) is 4.92. The molecule has 5 rings (SSSR count). The number of anilines is 2. The molecule has 2 unspecified atom stereocenters. The fraction of sp³-hybridized carbons (Fsp3) is 0.455. The third-order valence-electron chi connectivity index (χ3n) is 7.79. The lowest BCUT2D eigenvalue weighted by molar-refractivity contribution is -0.143. The van der Waals surface area contributed by atoms with Gasteiger partial charge < -0.3 is 29.7 Å². The number of aromatic nitrogens is 3. The summed E-state index contributed by atoms with van der Waals surface area (Å²) < 4.78 is 26.3. The zero-order chi connectivity index (χ0) is 33.0. The molecule has 2 amide bonds. The number of ether oxygens (including phenoxy) is 2. The summed E-state index contributed by atoms with van der Waals surface area (Å²) in [5.74, 6) is 0.312. The van der Waals surface area contributed by atoms with Gasteiger partial charge in [-0.2, -0.15) is 10.2 Å². The van der Waals surface area contributed by atoms with E-state index in [0.717, 1.165) is 24.1 Å². The first-order valence-corrected chi connectivity index (χ1v) is 15.3. The van der Waals surface area contributed by atoms with Crippen molar-refractivity contribution in [3.8, 4) is 23.2 Å². The van der Waals surface area contributed by atoms with Gasteiger partial charge in [-0.25, -0.2) is 19.2 Å². The second-order valence-corrected chi connectivity index (χ2v) is 12.5.